The van der Waals surface area contributed by atoms with Crippen LogP contribution in [0.4, 0.5) is 10.1 Å². The van der Waals surface area contributed by atoms with Gasteiger partial charge in [-0.3, -0.25) is 4.99 Å². The molecule has 0 saturated carbocycles. The second-order valence-electron chi connectivity index (χ2n) is 7.03. The van der Waals surface area contributed by atoms with Gasteiger partial charge in [0.2, 0.25) is 10.0 Å². The van der Waals surface area contributed by atoms with E-state index in [1.165, 1.54) is 6.07 Å². The van der Waals surface area contributed by atoms with Crippen molar-refractivity contribution in [3.8, 4) is 0 Å². The summed E-state index contributed by atoms with van der Waals surface area (Å²) in [6.45, 7) is 3.21. The van der Waals surface area contributed by atoms with E-state index in [1.807, 2.05) is 41.3 Å². The topological polar surface area (TPSA) is 77.0 Å². The second-order valence-corrected chi connectivity index (χ2v) is 8.95. The number of hydrogen-bond acceptors (Lipinski definition) is 4. The Labute approximate surface area is 177 Å². The minimum absolute atomic E-state index is 0.0476. The van der Waals surface area contributed by atoms with Crippen LogP contribution in [0.3, 0.4) is 0 Å². The predicted molar refractivity (Wildman–Crippen MR) is 119 cm³/mol. The average Bonchev–Trinajstić information content (AvgIpc) is 2.77. The summed E-state index contributed by atoms with van der Waals surface area (Å²) < 4.78 is 41.1. The fraction of sp³-hybridized carbons (Fsp3) is 0.381. The highest BCUT2D eigenvalue weighted by atomic mass is 32.2. The number of hydrogen-bond donors (Lipinski definition) is 2. The van der Waals surface area contributed by atoms with Gasteiger partial charge in [-0.05, 0) is 17.7 Å². The van der Waals surface area contributed by atoms with Gasteiger partial charge in [-0.15, -0.1) is 0 Å². The van der Waals surface area contributed by atoms with Crippen LogP contribution in [0.25, 0.3) is 0 Å². The van der Waals surface area contributed by atoms with Gasteiger partial charge in [-0.25, -0.2) is 17.5 Å². The van der Waals surface area contributed by atoms with E-state index in [-0.39, 0.29) is 24.7 Å². The Hall–Kier alpha value is -2.65. The predicted octanol–water partition coefficient (Wildman–Crippen LogP) is 1.64. The van der Waals surface area contributed by atoms with Gasteiger partial charge >= 0.3 is 0 Å². The third-order valence-electron chi connectivity index (χ3n) is 4.98. The molecule has 1 fully saturated rings. The Bertz CT molecular complexity index is 945. The molecule has 0 amide bonds. The lowest BCUT2D eigenvalue weighted by atomic mass is 10.2. The molecule has 0 bridgehead atoms. The highest BCUT2D eigenvalue weighted by Crippen LogP contribution is 2.20. The quantitative estimate of drug-likeness (QED) is 0.513. The van der Waals surface area contributed by atoms with E-state index in [0.717, 1.165) is 5.56 Å². The smallest absolute Gasteiger partial charge is 0.213 e. The van der Waals surface area contributed by atoms with Gasteiger partial charge in [0.15, 0.2) is 5.96 Å². The molecule has 3 rings (SSSR count). The number of benzene rings is 2. The molecule has 30 heavy (non-hydrogen) atoms. The average molecular weight is 434 g/mol. The van der Waals surface area contributed by atoms with Gasteiger partial charge in [0, 0.05) is 46.3 Å². The number of guanidine groups is 1. The number of rotatable bonds is 7. The van der Waals surface area contributed by atoms with Crippen molar-refractivity contribution in [1.82, 2.24) is 14.9 Å². The first-order chi connectivity index (χ1) is 14.5. The van der Waals surface area contributed by atoms with E-state index < -0.39 is 10.0 Å². The van der Waals surface area contributed by atoms with Crippen LogP contribution in [0.1, 0.15) is 5.56 Å². The summed E-state index contributed by atoms with van der Waals surface area (Å²) in [6, 6.07) is 16.2. The van der Waals surface area contributed by atoms with Crippen LogP contribution in [0.5, 0.6) is 0 Å². The number of anilines is 1. The molecule has 0 unspecified atom stereocenters. The van der Waals surface area contributed by atoms with Crippen molar-refractivity contribution >= 4 is 21.7 Å². The maximum atomic E-state index is 14.0. The summed E-state index contributed by atoms with van der Waals surface area (Å²) in [4.78, 5) is 8.33. The van der Waals surface area contributed by atoms with E-state index in [9.17, 15) is 12.8 Å². The maximum Gasteiger partial charge on any atom is 0.213 e. The van der Waals surface area contributed by atoms with Crippen LogP contribution in [-0.2, 0) is 16.6 Å². The van der Waals surface area contributed by atoms with Crippen LogP contribution >= 0.6 is 0 Å². The minimum Gasteiger partial charge on any atom is -0.366 e. The molecule has 1 aliphatic heterocycles. The van der Waals surface area contributed by atoms with Gasteiger partial charge in [0.25, 0.3) is 0 Å². The van der Waals surface area contributed by atoms with Crippen LogP contribution in [-0.4, -0.2) is 64.8 Å². The van der Waals surface area contributed by atoms with E-state index in [4.69, 9.17) is 0 Å². The van der Waals surface area contributed by atoms with Gasteiger partial charge in [-0.1, -0.05) is 42.5 Å². The van der Waals surface area contributed by atoms with Crippen LogP contribution in [0.2, 0.25) is 0 Å². The molecule has 7 nitrogen and oxygen atoms in total. The van der Waals surface area contributed by atoms with Gasteiger partial charge in [0.1, 0.15) is 5.82 Å². The number of nitrogens with zero attached hydrogens (tertiary/aromatic N) is 3. The number of aliphatic imine (C=N–C) groups is 1. The van der Waals surface area contributed by atoms with Crippen molar-refractivity contribution < 1.29 is 12.8 Å². The van der Waals surface area contributed by atoms with Crippen LogP contribution in [0, 0.1) is 5.82 Å². The van der Waals surface area contributed by atoms with Gasteiger partial charge < -0.3 is 15.1 Å². The third-order valence-corrected chi connectivity index (χ3v) is 6.30. The van der Waals surface area contributed by atoms with E-state index in [1.54, 1.807) is 19.2 Å². The first-order valence-electron chi connectivity index (χ1n) is 9.95. The standard InChI is InChI=1S/C21H28FN5O2S/c1-23-21(24-11-16-30(28,29)25-17-18-7-3-2-4-8-18)27-14-12-26(13-15-27)20-10-6-5-9-19(20)22/h2-10,25H,11-17H2,1H3,(H,23,24). The Morgan fingerprint density at radius 2 is 1.70 bits per heavy atom. The summed E-state index contributed by atoms with van der Waals surface area (Å²) in [6.07, 6.45) is 0. The summed E-state index contributed by atoms with van der Waals surface area (Å²) in [5.74, 6) is 0.386. The lowest BCUT2D eigenvalue weighted by molar-refractivity contribution is 0.371. The van der Waals surface area contributed by atoms with Crippen molar-refractivity contribution in [2.24, 2.45) is 4.99 Å². The molecule has 1 aliphatic rings. The molecule has 162 valence electrons. The van der Waals surface area contributed by atoms with E-state index in [0.29, 0.717) is 37.8 Å². The van der Waals surface area contributed by atoms with Crippen molar-refractivity contribution in [3.05, 3.63) is 66.0 Å². The first-order valence-corrected chi connectivity index (χ1v) is 11.6. The van der Waals surface area contributed by atoms with Gasteiger partial charge in [0.05, 0.1) is 11.4 Å². The van der Waals surface area contributed by atoms with Crippen LogP contribution < -0.4 is 14.9 Å². The molecular weight excluding hydrogens is 405 g/mol. The summed E-state index contributed by atoms with van der Waals surface area (Å²) in [7, 11) is -1.73. The molecular formula is C21H28FN5O2S. The molecule has 1 saturated heterocycles. The van der Waals surface area contributed by atoms with E-state index in [2.05, 4.69) is 19.9 Å². The number of nitrogens with one attached hydrogen (secondary N) is 2. The normalized spacial score (nSPS) is 15.3. The maximum absolute atomic E-state index is 14.0. The highest BCUT2D eigenvalue weighted by Gasteiger charge is 2.21. The molecule has 0 aromatic heterocycles. The van der Waals surface area contributed by atoms with Crippen LogP contribution in [0.15, 0.2) is 59.6 Å². The Morgan fingerprint density at radius 3 is 2.37 bits per heavy atom. The molecule has 2 aromatic carbocycles. The Morgan fingerprint density at radius 1 is 1.03 bits per heavy atom. The molecule has 0 aliphatic carbocycles. The second kappa shape index (κ2) is 10.4. The molecule has 9 heteroatoms. The van der Waals surface area contributed by atoms with Crippen molar-refractivity contribution in [3.63, 3.8) is 0 Å². The van der Waals surface area contributed by atoms with Crippen molar-refractivity contribution in [2.45, 2.75) is 6.54 Å². The fourth-order valence-corrected chi connectivity index (χ4v) is 4.26. The Balaban J connectivity index is 1.44. The number of sulfonamides is 1. The largest absolute Gasteiger partial charge is 0.366 e. The number of para-hydroxylation sites is 1. The molecule has 0 atom stereocenters. The zero-order chi connectivity index (χ0) is 21.4. The molecule has 2 aromatic rings. The lowest BCUT2D eigenvalue weighted by Gasteiger charge is -2.37. The highest BCUT2D eigenvalue weighted by molar-refractivity contribution is 7.89. The number of piperazine rings is 1. The Kier molecular flexibility index (Phi) is 7.64. The minimum atomic E-state index is -3.40. The summed E-state index contributed by atoms with van der Waals surface area (Å²) in [5.41, 5.74) is 1.52. The van der Waals surface area contributed by atoms with E-state index >= 15 is 0 Å². The molecule has 1 heterocycles. The number of halogens is 1. The monoisotopic (exact) mass is 433 g/mol. The first kappa shape index (κ1) is 22.0. The van der Waals surface area contributed by atoms with Crippen molar-refractivity contribution in [2.75, 3.05) is 50.4 Å². The summed E-state index contributed by atoms with van der Waals surface area (Å²) >= 11 is 0. The summed E-state index contributed by atoms with van der Waals surface area (Å²) in [5, 5.41) is 3.12. The zero-order valence-electron chi connectivity index (χ0n) is 17.1. The zero-order valence-corrected chi connectivity index (χ0v) is 17.9. The van der Waals surface area contributed by atoms with Crippen molar-refractivity contribution in [1.29, 1.82) is 0 Å². The lowest BCUT2D eigenvalue weighted by Crippen LogP contribution is -2.53. The fourth-order valence-electron chi connectivity index (χ4n) is 3.36. The molecule has 2 N–H and O–H groups in total. The third kappa shape index (κ3) is 6.17. The molecule has 0 spiro atoms. The van der Waals surface area contributed by atoms with Gasteiger partial charge in [-0.2, -0.15) is 0 Å². The SMILES string of the molecule is CN=C(NCCS(=O)(=O)NCc1ccccc1)N1CCN(c2ccccc2F)CC1. The molecule has 0 radical (unpaired) electrons.